The predicted molar refractivity (Wildman–Crippen MR) is 101 cm³/mol. The van der Waals surface area contributed by atoms with Gasteiger partial charge in [-0.3, -0.25) is 19.0 Å². The van der Waals surface area contributed by atoms with Crippen molar-refractivity contribution in [2.24, 2.45) is 7.05 Å². The van der Waals surface area contributed by atoms with Gasteiger partial charge in [0.1, 0.15) is 11.4 Å². The lowest BCUT2D eigenvalue weighted by Gasteiger charge is -2.39. The van der Waals surface area contributed by atoms with Crippen LogP contribution in [0.4, 0.5) is 4.39 Å². The van der Waals surface area contributed by atoms with E-state index in [1.165, 1.54) is 40.9 Å². The molecule has 2 aromatic heterocycles. The molecule has 9 nitrogen and oxygen atoms in total. The Morgan fingerprint density at radius 2 is 1.93 bits per heavy atom. The molecule has 1 aromatic carbocycles. The second kappa shape index (κ2) is 6.97. The standard InChI is InChI=1S/C19H16FN5O4/c1-23-17(27)14(8-21-19(23)29)18(28)24-9-13(10-24)25-16(26)6-5-15(22-25)11-3-2-4-12(20)7-11/h2-8,13H,9-10H2,1H3,(H,21,29). The molecule has 4 rings (SSSR count). The molecule has 29 heavy (non-hydrogen) atoms. The molecule has 10 heteroatoms. The molecular weight excluding hydrogens is 381 g/mol. The fraction of sp³-hybridized carbons (Fsp3) is 0.211. The average molecular weight is 397 g/mol. The van der Waals surface area contributed by atoms with E-state index in [0.29, 0.717) is 11.3 Å². The molecule has 1 N–H and O–H groups in total. The number of hydrogen-bond donors (Lipinski definition) is 1. The number of aromatic amines is 1. The second-order valence-corrected chi connectivity index (χ2v) is 6.75. The monoisotopic (exact) mass is 397 g/mol. The predicted octanol–water partition coefficient (Wildman–Crippen LogP) is 0.134. The lowest BCUT2D eigenvalue weighted by molar-refractivity contribution is 0.0490. The van der Waals surface area contributed by atoms with Crippen LogP contribution in [0.15, 0.2) is 57.0 Å². The van der Waals surface area contributed by atoms with E-state index in [4.69, 9.17) is 0 Å². The molecule has 0 saturated carbocycles. The molecule has 0 atom stereocenters. The summed E-state index contributed by atoms with van der Waals surface area (Å²) in [6.07, 6.45) is 1.09. The van der Waals surface area contributed by atoms with Gasteiger partial charge in [0.05, 0.1) is 11.7 Å². The first kappa shape index (κ1) is 18.5. The van der Waals surface area contributed by atoms with Crippen LogP contribution < -0.4 is 16.8 Å². The van der Waals surface area contributed by atoms with Crippen molar-refractivity contribution in [1.82, 2.24) is 24.2 Å². The van der Waals surface area contributed by atoms with E-state index < -0.39 is 23.0 Å². The van der Waals surface area contributed by atoms with Gasteiger partial charge in [0.15, 0.2) is 0 Å². The van der Waals surface area contributed by atoms with E-state index in [1.54, 1.807) is 12.1 Å². The average Bonchev–Trinajstić information content (AvgIpc) is 2.66. The minimum atomic E-state index is -0.689. The number of amides is 1. The first-order chi connectivity index (χ1) is 13.8. The maximum absolute atomic E-state index is 13.5. The largest absolute Gasteiger partial charge is 0.334 e. The summed E-state index contributed by atoms with van der Waals surface area (Å²) >= 11 is 0. The van der Waals surface area contributed by atoms with Crippen LogP contribution >= 0.6 is 0 Å². The Bertz CT molecular complexity index is 1290. The van der Waals surface area contributed by atoms with Gasteiger partial charge in [-0.2, -0.15) is 5.10 Å². The number of benzene rings is 1. The highest BCUT2D eigenvalue weighted by molar-refractivity contribution is 5.94. The number of nitrogens with one attached hydrogen (secondary N) is 1. The maximum Gasteiger partial charge on any atom is 0.328 e. The fourth-order valence-corrected chi connectivity index (χ4v) is 3.15. The Morgan fingerprint density at radius 3 is 2.66 bits per heavy atom. The van der Waals surface area contributed by atoms with Gasteiger partial charge >= 0.3 is 5.69 Å². The number of nitrogens with zero attached hydrogens (tertiary/aromatic N) is 4. The molecule has 1 fully saturated rings. The van der Waals surface area contributed by atoms with Gasteiger partial charge in [-0.05, 0) is 18.2 Å². The quantitative estimate of drug-likeness (QED) is 0.676. The van der Waals surface area contributed by atoms with E-state index in [9.17, 15) is 23.6 Å². The number of halogens is 1. The summed E-state index contributed by atoms with van der Waals surface area (Å²) in [6.45, 7) is 0.362. The fourth-order valence-electron chi connectivity index (χ4n) is 3.15. The molecule has 1 amide bonds. The van der Waals surface area contributed by atoms with Crippen molar-refractivity contribution in [2.45, 2.75) is 6.04 Å². The first-order valence-corrected chi connectivity index (χ1v) is 8.79. The van der Waals surface area contributed by atoms with Gasteiger partial charge in [-0.25, -0.2) is 13.9 Å². The number of carbonyl (C=O) groups is 1. The van der Waals surface area contributed by atoms with E-state index in [-0.39, 0.29) is 30.3 Å². The molecule has 0 aliphatic carbocycles. The third kappa shape index (κ3) is 3.28. The smallest absolute Gasteiger partial charge is 0.328 e. The first-order valence-electron chi connectivity index (χ1n) is 8.79. The maximum atomic E-state index is 13.5. The molecule has 0 spiro atoms. The van der Waals surface area contributed by atoms with Crippen LogP contribution in [0.2, 0.25) is 0 Å². The lowest BCUT2D eigenvalue weighted by Crippen LogP contribution is -2.54. The number of H-pyrrole nitrogens is 1. The summed E-state index contributed by atoms with van der Waals surface area (Å²) in [5.74, 6) is -0.947. The molecule has 0 radical (unpaired) electrons. The minimum absolute atomic E-state index is 0.153. The van der Waals surface area contributed by atoms with Crippen molar-refractivity contribution in [1.29, 1.82) is 0 Å². The second-order valence-electron chi connectivity index (χ2n) is 6.75. The van der Waals surface area contributed by atoms with Crippen molar-refractivity contribution in [2.75, 3.05) is 13.1 Å². The highest BCUT2D eigenvalue weighted by Gasteiger charge is 2.35. The molecule has 1 aliphatic rings. The van der Waals surface area contributed by atoms with Gasteiger partial charge in [0.2, 0.25) is 0 Å². The van der Waals surface area contributed by atoms with Gasteiger partial charge in [-0.1, -0.05) is 12.1 Å². The van der Waals surface area contributed by atoms with Gasteiger partial charge in [0, 0.05) is 38.0 Å². The van der Waals surface area contributed by atoms with Crippen molar-refractivity contribution >= 4 is 5.91 Å². The van der Waals surface area contributed by atoms with Crippen LogP contribution in [0.3, 0.4) is 0 Å². The van der Waals surface area contributed by atoms with Crippen LogP contribution in [0, 0.1) is 5.82 Å². The van der Waals surface area contributed by atoms with Crippen LogP contribution in [-0.4, -0.2) is 43.2 Å². The van der Waals surface area contributed by atoms with Crippen molar-refractivity contribution in [3.8, 4) is 11.3 Å². The number of rotatable bonds is 3. The summed E-state index contributed by atoms with van der Waals surface area (Å²) in [5, 5.41) is 4.30. The molecule has 3 heterocycles. The molecule has 1 aliphatic heterocycles. The molecule has 0 unspecified atom stereocenters. The number of carbonyl (C=O) groups excluding carboxylic acids is 1. The Balaban J connectivity index is 1.56. The number of aromatic nitrogens is 4. The molecular formula is C19H16FN5O4. The Hall–Kier alpha value is -3.82. The third-order valence-corrected chi connectivity index (χ3v) is 4.85. The zero-order chi connectivity index (χ0) is 20.7. The van der Waals surface area contributed by atoms with Crippen molar-refractivity contribution < 1.29 is 9.18 Å². The SMILES string of the molecule is Cn1c(=O)[nH]cc(C(=O)N2CC(n3nc(-c4cccc(F)c4)ccc3=O)C2)c1=O. The van der Waals surface area contributed by atoms with E-state index in [2.05, 4.69) is 10.1 Å². The van der Waals surface area contributed by atoms with Gasteiger partial charge in [-0.15, -0.1) is 0 Å². The van der Waals surface area contributed by atoms with Crippen molar-refractivity contribution in [3.63, 3.8) is 0 Å². The summed E-state index contributed by atoms with van der Waals surface area (Å²) in [7, 11) is 1.28. The van der Waals surface area contributed by atoms with E-state index in [0.717, 1.165) is 10.8 Å². The van der Waals surface area contributed by atoms with E-state index in [1.807, 2.05) is 0 Å². The third-order valence-electron chi connectivity index (χ3n) is 4.85. The Morgan fingerprint density at radius 1 is 1.17 bits per heavy atom. The highest BCUT2D eigenvalue weighted by Crippen LogP contribution is 2.22. The zero-order valence-electron chi connectivity index (χ0n) is 15.3. The molecule has 148 valence electrons. The summed E-state index contributed by atoms with van der Waals surface area (Å²) in [6, 6.07) is 8.36. The molecule has 1 saturated heterocycles. The van der Waals surface area contributed by atoms with Crippen LogP contribution in [0.5, 0.6) is 0 Å². The zero-order valence-corrected chi connectivity index (χ0v) is 15.3. The lowest BCUT2D eigenvalue weighted by atomic mass is 10.1. The minimum Gasteiger partial charge on any atom is -0.334 e. The van der Waals surface area contributed by atoms with Gasteiger partial charge in [0.25, 0.3) is 17.0 Å². The van der Waals surface area contributed by atoms with Crippen LogP contribution in [0.25, 0.3) is 11.3 Å². The van der Waals surface area contributed by atoms with Gasteiger partial charge < -0.3 is 9.88 Å². The van der Waals surface area contributed by atoms with Crippen LogP contribution in [0.1, 0.15) is 16.4 Å². The van der Waals surface area contributed by atoms with Crippen LogP contribution in [-0.2, 0) is 7.05 Å². The molecule has 0 bridgehead atoms. The van der Waals surface area contributed by atoms with E-state index >= 15 is 0 Å². The summed E-state index contributed by atoms with van der Waals surface area (Å²) < 4.78 is 15.5. The highest BCUT2D eigenvalue weighted by atomic mass is 19.1. The summed E-state index contributed by atoms with van der Waals surface area (Å²) in [5.41, 5.74) is -0.837. The van der Waals surface area contributed by atoms with Crippen molar-refractivity contribution in [3.05, 3.63) is 85.2 Å². The number of hydrogen-bond acceptors (Lipinski definition) is 5. The normalized spacial score (nSPS) is 13.9. The number of likely N-dealkylation sites (tertiary alicyclic amines) is 1. The summed E-state index contributed by atoms with van der Waals surface area (Å²) in [4.78, 5) is 52.0. The Labute approximate surface area is 162 Å². The molecule has 3 aromatic rings. The Kier molecular flexibility index (Phi) is 4.45. The topological polar surface area (TPSA) is 110 Å².